The Morgan fingerprint density at radius 3 is 2.81 bits per heavy atom. The third kappa shape index (κ3) is 3.70. The molecule has 0 aliphatic carbocycles. The largest absolute Gasteiger partial charge is 0.301 e. The van der Waals surface area contributed by atoms with Gasteiger partial charge in [0.05, 0.1) is 5.51 Å². The lowest BCUT2D eigenvalue weighted by Crippen LogP contribution is -2.31. The second kappa shape index (κ2) is 6.55. The predicted molar refractivity (Wildman–Crippen MR) is 69.2 cm³/mol. The van der Waals surface area contributed by atoms with Gasteiger partial charge in [-0.25, -0.2) is 0 Å². The summed E-state index contributed by atoms with van der Waals surface area (Å²) >= 11 is 7.52. The molecule has 2 heterocycles. The van der Waals surface area contributed by atoms with E-state index in [9.17, 15) is 0 Å². The first-order chi connectivity index (χ1) is 7.88. The third-order valence-corrected chi connectivity index (χ3v) is 3.88. The van der Waals surface area contributed by atoms with E-state index in [0.29, 0.717) is 0 Å². The number of halogens is 1. The first-order valence-corrected chi connectivity index (χ1v) is 7.18. The second-order valence-corrected chi connectivity index (χ2v) is 5.48. The van der Waals surface area contributed by atoms with E-state index < -0.39 is 0 Å². The maximum Gasteiger partial charge on any atom is 0.0794 e. The molecule has 1 aromatic rings. The van der Waals surface area contributed by atoms with Crippen LogP contribution in [-0.4, -0.2) is 53.4 Å². The Bertz CT molecular complexity index is 291. The Kier molecular flexibility index (Phi) is 5.03. The molecule has 0 amide bonds. The lowest BCUT2D eigenvalue weighted by molar-refractivity contribution is 0.259. The first-order valence-electron chi connectivity index (χ1n) is 5.76. The Morgan fingerprint density at radius 2 is 2.06 bits per heavy atom. The summed E-state index contributed by atoms with van der Waals surface area (Å²) < 4.78 is 0. The molecule has 1 saturated heterocycles. The molecule has 0 N–H and O–H groups in total. The van der Waals surface area contributed by atoms with Crippen LogP contribution in [0.15, 0.2) is 11.7 Å². The zero-order valence-corrected chi connectivity index (χ0v) is 11.0. The zero-order valence-electron chi connectivity index (χ0n) is 9.44. The fourth-order valence-corrected chi connectivity index (χ4v) is 2.94. The van der Waals surface area contributed by atoms with Gasteiger partial charge in [-0.3, -0.25) is 9.88 Å². The lowest BCUT2D eigenvalue weighted by Gasteiger charge is -2.20. The van der Waals surface area contributed by atoms with Gasteiger partial charge in [0.1, 0.15) is 0 Å². The Balaban J connectivity index is 1.80. The van der Waals surface area contributed by atoms with Crippen LogP contribution in [-0.2, 0) is 6.54 Å². The maximum absolute atomic E-state index is 5.78. The normalized spacial score (nSPS) is 19.8. The summed E-state index contributed by atoms with van der Waals surface area (Å²) in [7, 11) is 0. The maximum atomic E-state index is 5.78. The van der Waals surface area contributed by atoms with Crippen molar-refractivity contribution in [3.8, 4) is 0 Å². The minimum Gasteiger partial charge on any atom is -0.301 e. The molecule has 3 nitrogen and oxygen atoms in total. The minimum atomic E-state index is 0.745. The molecule has 0 saturated carbocycles. The van der Waals surface area contributed by atoms with E-state index >= 15 is 0 Å². The number of hydrogen-bond donors (Lipinski definition) is 0. The number of rotatable bonds is 4. The molecule has 1 aliphatic heterocycles. The standard InChI is InChI=1S/C11H18ClN3S/c12-2-5-14-3-1-4-15(7-6-14)9-11-8-13-10-16-11/h8,10H,1-7,9H2. The van der Waals surface area contributed by atoms with Crippen molar-refractivity contribution in [2.45, 2.75) is 13.0 Å². The van der Waals surface area contributed by atoms with Gasteiger partial charge in [0.25, 0.3) is 0 Å². The van der Waals surface area contributed by atoms with E-state index in [0.717, 1.165) is 32.1 Å². The van der Waals surface area contributed by atoms with Gasteiger partial charge in [0.2, 0.25) is 0 Å². The highest BCUT2D eigenvalue weighted by atomic mass is 35.5. The molecule has 0 aromatic carbocycles. The van der Waals surface area contributed by atoms with Gasteiger partial charge in [-0.15, -0.1) is 22.9 Å². The van der Waals surface area contributed by atoms with E-state index in [-0.39, 0.29) is 0 Å². The van der Waals surface area contributed by atoms with Gasteiger partial charge in [-0.05, 0) is 19.5 Å². The van der Waals surface area contributed by atoms with Crippen molar-refractivity contribution in [3.05, 3.63) is 16.6 Å². The molecule has 0 bridgehead atoms. The van der Waals surface area contributed by atoms with Crippen molar-refractivity contribution in [2.24, 2.45) is 0 Å². The van der Waals surface area contributed by atoms with Crippen LogP contribution in [0.5, 0.6) is 0 Å². The van der Waals surface area contributed by atoms with E-state index in [1.807, 2.05) is 11.7 Å². The quantitative estimate of drug-likeness (QED) is 0.770. The van der Waals surface area contributed by atoms with Crippen LogP contribution in [0.1, 0.15) is 11.3 Å². The monoisotopic (exact) mass is 259 g/mol. The third-order valence-electron chi connectivity index (χ3n) is 2.94. The van der Waals surface area contributed by atoms with Gasteiger partial charge in [-0.2, -0.15) is 0 Å². The minimum absolute atomic E-state index is 0.745. The molecule has 1 aromatic heterocycles. The van der Waals surface area contributed by atoms with Gasteiger partial charge < -0.3 is 4.90 Å². The zero-order chi connectivity index (χ0) is 11.2. The van der Waals surface area contributed by atoms with Crippen LogP contribution < -0.4 is 0 Å². The van der Waals surface area contributed by atoms with Gasteiger partial charge in [0, 0.05) is 43.1 Å². The van der Waals surface area contributed by atoms with E-state index in [4.69, 9.17) is 11.6 Å². The highest BCUT2D eigenvalue weighted by molar-refractivity contribution is 7.09. The summed E-state index contributed by atoms with van der Waals surface area (Å²) in [6.07, 6.45) is 3.22. The summed E-state index contributed by atoms with van der Waals surface area (Å²) in [4.78, 5) is 10.5. The molecule has 1 aliphatic rings. The van der Waals surface area contributed by atoms with Crippen LogP contribution in [0.2, 0.25) is 0 Å². The molecule has 0 atom stereocenters. The van der Waals surface area contributed by atoms with Crippen molar-refractivity contribution in [2.75, 3.05) is 38.6 Å². The van der Waals surface area contributed by atoms with E-state index in [2.05, 4.69) is 14.8 Å². The smallest absolute Gasteiger partial charge is 0.0794 e. The highest BCUT2D eigenvalue weighted by Gasteiger charge is 2.14. The number of hydrogen-bond acceptors (Lipinski definition) is 4. The van der Waals surface area contributed by atoms with Crippen LogP contribution >= 0.6 is 22.9 Å². The van der Waals surface area contributed by atoms with E-state index in [1.165, 1.54) is 24.4 Å². The summed E-state index contributed by atoms with van der Waals surface area (Å²) in [5, 5.41) is 0. The van der Waals surface area contributed by atoms with Gasteiger partial charge >= 0.3 is 0 Å². The molecule has 16 heavy (non-hydrogen) atoms. The molecule has 0 unspecified atom stereocenters. The molecule has 1 fully saturated rings. The lowest BCUT2D eigenvalue weighted by atomic mass is 10.3. The summed E-state index contributed by atoms with van der Waals surface area (Å²) in [6, 6.07) is 0. The highest BCUT2D eigenvalue weighted by Crippen LogP contribution is 2.11. The van der Waals surface area contributed by atoms with Crippen LogP contribution in [0.4, 0.5) is 0 Å². The van der Waals surface area contributed by atoms with Crippen LogP contribution in [0, 0.1) is 0 Å². The Hall–Kier alpha value is -0.160. The summed E-state index contributed by atoms with van der Waals surface area (Å²) in [5.41, 5.74) is 1.91. The predicted octanol–water partition coefficient (Wildman–Crippen LogP) is 1.89. The van der Waals surface area contributed by atoms with Gasteiger partial charge in [0.15, 0.2) is 0 Å². The fourth-order valence-electron chi connectivity index (χ4n) is 2.07. The number of aromatic nitrogens is 1. The summed E-state index contributed by atoms with van der Waals surface area (Å²) in [5.74, 6) is 0.745. The number of nitrogens with zero attached hydrogens (tertiary/aromatic N) is 3. The van der Waals surface area contributed by atoms with Gasteiger partial charge in [-0.1, -0.05) is 0 Å². The average Bonchev–Trinajstić information content (AvgIpc) is 2.68. The number of alkyl halides is 1. The van der Waals surface area contributed by atoms with Crippen LogP contribution in [0.3, 0.4) is 0 Å². The molecular formula is C11H18ClN3S. The van der Waals surface area contributed by atoms with Crippen LogP contribution in [0.25, 0.3) is 0 Å². The van der Waals surface area contributed by atoms with E-state index in [1.54, 1.807) is 11.3 Å². The van der Waals surface area contributed by atoms with Crippen molar-refractivity contribution < 1.29 is 0 Å². The molecular weight excluding hydrogens is 242 g/mol. The number of thiazole rings is 1. The molecule has 2 rings (SSSR count). The van der Waals surface area contributed by atoms with Crippen molar-refractivity contribution in [3.63, 3.8) is 0 Å². The topological polar surface area (TPSA) is 19.4 Å². The summed E-state index contributed by atoms with van der Waals surface area (Å²) in [6.45, 7) is 6.75. The van der Waals surface area contributed by atoms with Crippen molar-refractivity contribution >= 4 is 22.9 Å². The molecule has 0 spiro atoms. The molecule has 90 valence electrons. The second-order valence-electron chi connectivity index (χ2n) is 4.13. The average molecular weight is 260 g/mol. The SMILES string of the molecule is ClCCN1CCCN(Cc2cncs2)CC1. The Morgan fingerprint density at radius 1 is 1.25 bits per heavy atom. The Labute approximate surface area is 106 Å². The molecule has 0 radical (unpaired) electrons. The fraction of sp³-hybridized carbons (Fsp3) is 0.727. The molecule has 5 heteroatoms. The first kappa shape index (κ1) is 12.3. The van der Waals surface area contributed by atoms with Crippen molar-refractivity contribution in [1.29, 1.82) is 0 Å². The van der Waals surface area contributed by atoms with Crippen molar-refractivity contribution in [1.82, 2.24) is 14.8 Å².